The van der Waals surface area contributed by atoms with Crippen LogP contribution in [-0.2, 0) is 16.1 Å². The Hall–Kier alpha value is -0.870. The van der Waals surface area contributed by atoms with Crippen molar-refractivity contribution >= 4 is 21.9 Å². The van der Waals surface area contributed by atoms with Gasteiger partial charge in [0.1, 0.15) is 0 Å². The monoisotopic (exact) mass is 314 g/mol. The van der Waals surface area contributed by atoms with E-state index in [0.29, 0.717) is 19.6 Å². The maximum absolute atomic E-state index is 10.9. The zero-order chi connectivity index (χ0) is 13.6. The van der Waals surface area contributed by atoms with E-state index in [1.165, 1.54) is 0 Å². The van der Waals surface area contributed by atoms with E-state index in [9.17, 15) is 4.79 Å². The van der Waals surface area contributed by atoms with Gasteiger partial charge < -0.3 is 9.84 Å². The highest BCUT2D eigenvalue weighted by atomic mass is 79.9. The maximum atomic E-state index is 10.9. The van der Waals surface area contributed by atoms with Crippen LogP contribution < -0.4 is 0 Å². The largest absolute Gasteiger partial charge is 0.481 e. The number of halogens is 1. The van der Waals surface area contributed by atoms with E-state index in [1.54, 1.807) is 13.8 Å². The molecule has 0 aliphatic carbocycles. The number of rotatable bonds is 7. The second-order valence-corrected chi connectivity index (χ2v) is 5.79. The third-order valence-electron chi connectivity index (χ3n) is 2.88. The highest BCUT2D eigenvalue weighted by Gasteiger charge is 2.26. The fourth-order valence-corrected chi connectivity index (χ4v) is 1.92. The van der Waals surface area contributed by atoms with Crippen molar-refractivity contribution in [3.8, 4) is 0 Å². The Kier molecular flexibility index (Phi) is 5.82. The maximum Gasteiger partial charge on any atom is 0.309 e. The van der Waals surface area contributed by atoms with Gasteiger partial charge in [0.05, 0.1) is 12.0 Å². The van der Waals surface area contributed by atoms with Crippen LogP contribution in [0, 0.1) is 5.41 Å². The molecule has 0 aliphatic rings. The van der Waals surface area contributed by atoms with E-state index >= 15 is 0 Å². The molecule has 0 bridgehead atoms. The van der Waals surface area contributed by atoms with Gasteiger partial charge in [-0.3, -0.25) is 4.79 Å². The molecule has 0 amide bonds. The Balaban J connectivity index is 2.24. The van der Waals surface area contributed by atoms with Crippen molar-refractivity contribution in [3.05, 3.63) is 34.3 Å². The SMILES string of the molecule is CC(C)(CCCOCc1ccccc1Br)C(=O)O. The lowest BCUT2D eigenvalue weighted by atomic mass is 9.88. The van der Waals surface area contributed by atoms with Crippen LogP contribution in [0.4, 0.5) is 0 Å². The summed E-state index contributed by atoms with van der Waals surface area (Å²) in [6.07, 6.45) is 1.38. The van der Waals surface area contributed by atoms with Crippen LogP contribution in [0.2, 0.25) is 0 Å². The molecule has 0 atom stereocenters. The first-order valence-corrected chi connectivity index (χ1v) is 6.77. The molecule has 0 fully saturated rings. The quantitative estimate of drug-likeness (QED) is 0.777. The average Bonchev–Trinajstić information content (AvgIpc) is 2.30. The normalized spacial score (nSPS) is 11.5. The minimum Gasteiger partial charge on any atom is -0.481 e. The van der Waals surface area contributed by atoms with Crippen LogP contribution in [0.3, 0.4) is 0 Å². The minimum absolute atomic E-state index is 0.551. The van der Waals surface area contributed by atoms with Crippen molar-refractivity contribution in [1.29, 1.82) is 0 Å². The molecule has 0 heterocycles. The number of benzene rings is 1. The van der Waals surface area contributed by atoms with Crippen molar-refractivity contribution < 1.29 is 14.6 Å². The second kappa shape index (κ2) is 6.90. The van der Waals surface area contributed by atoms with Crippen LogP contribution >= 0.6 is 15.9 Å². The van der Waals surface area contributed by atoms with E-state index in [2.05, 4.69) is 15.9 Å². The first-order valence-electron chi connectivity index (χ1n) is 5.98. The summed E-state index contributed by atoms with van der Waals surface area (Å²) >= 11 is 3.46. The molecule has 3 nitrogen and oxygen atoms in total. The molecule has 18 heavy (non-hydrogen) atoms. The zero-order valence-corrected chi connectivity index (χ0v) is 12.4. The number of carbonyl (C=O) groups is 1. The van der Waals surface area contributed by atoms with Crippen LogP contribution in [0.1, 0.15) is 32.3 Å². The zero-order valence-electron chi connectivity index (χ0n) is 10.8. The molecule has 4 heteroatoms. The number of hydrogen-bond donors (Lipinski definition) is 1. The van der Waals surface area contributed by atoms with Gasteiger partial charge in [0.15, 0.2) is 0 Å². The van der Waals surface area contributed by atoms with Gasteiger partial charge in [0.25, 0.3) is 0 Å². The van der Waals surface area contributed by atoms with Gasteiger partial charge in [-0.15, -0.1) is 0 Å². The van der Waals surface area contributed by atoms with Crippen molar-refractivity contribution in [2.45, 2.75) is 33.3 Å². The van der Waals surface area contributed by atoms with Crippen LogP contribution in [-0.4, -0.2) is 17.7 Å². The molecule has 100 valence electrons. The summed E-state index contributed by atoms with van der Waals surface area (Å²) in [6.45, 7) is 4.61. The molecule has 1 aromatic carbocycles. The highest BCUT2D eigenvalue weighted by molar-refractivity contribution is 9.10. The Morgan fingerprint density at radius 1 is 1.39 bits per heavy atom. The third-order valence-corrected chi connectivity index (χ3v) is 3.66. The molecule has 1 rings (SSSR count). The van der Waals surface area contributed by atoms with E-state index in [0.717, 1.165) is 16.5 Å². The molecule has 0 saturated carbocycles. The molecular formula is C14H19BrO3. The van der Waals surface area contributed by atoms with Gasteiger partial charge in [-0.2, -0.15) is 0 Å². The Morgan fingerprint density at radius 3 is 2.67 bits per heavy atom. The molecule has 0 unspecified atom stereocenters. The van der Waals surface area contributed by atoms with Gasteiger partial charge in [0, 0.05) is 11.1 Å². The molecule has 0 aliphatic heterocycles. The summed E-state index contributed by atoms with van der Waals surface area (Å²) in [5, 5.41) is 8.97. The lowest BCUT2D eigenvalue weighted by Gasteiger charge is -2.18. The molecule has 0 radical (unpaired) electrons. The Bertz CT molecular complexity index is 402. The fraction of sp³-hybridized carbons (Fsp3) is 0.500. The minimum atomic E-state index is -0.756. The Labute approximate surface area is 116 Å². The number of carboxylic acid groups (broad SMARTS) is 1. The van der Waals surface area contributed by atoms with Crippen LogP contribution in [0.5, 0.6) is 0 Å². The second-order valence-electron chi connectivity index (χ2n) is 4.94. The summed E-state index contributed by atoms with van der Waals surface area (Å²) in [7, 11) is 0. The van der Waals surface area contributed by atoms with Gasteiger partial charge >= 0.3 is 5.97 Å². The molecule has 0 aromatic heterocycles. The number of hydrogen-bond acceptors (Lipinski definition) is 2. The number of aliphatic carboxylic acids is 1. The summed E-state index contributed by atoms with van der Waals surface area (Å²) in [5.74, 6) is -0.756. The Morgan fingerprint density at radius 2 is 2.06 bits per heavy atom. The van der Waals surface area contributed by atoms with Gasteiger partial charge in [-0.25, -0.2) is 0 Å². The molecular weight excluding hydrogens is 296 g/mol. The van der Waals surface area contributed by atoms with Crippen molar-refractivity contribution in [2.24, 2.45) is 5.41 Å². The lowest BCUT2D eigenvalue weighted by molar-refractivity contribution is -0.147. The predicted molar refractivity (Wildman–Crippen MR) is 74.4 cm³/mol. The fourth-order valence-electron chi connectivity index (χ4n) is 1.52. The third kappa shape index (κ3) is 4.78. The summed E-state index contributed by atoms with van der Waals surface area (Å²) in [5.41, 5.74) is 0.437. The first kappa shape index (κ1) is 15.2. The average molecular weight is 315 g/mol. The van der Waals surface area contributed by atoms with E-state index in [4.69, 9.17) is 9.84 Å². The molecule has 0 saturated heterocycles. The molecule has 1 aromatic rings. The molecule has 1 N–H and O–H groups in total. The summed E-state index contributed by atoms with van der Waals surface area (Å²) < 4.78 is 6.59. The van der Waals surface area contributed by atoms with Gasteiger partial charge in [-0.1, -0.05) is 34.1 Å². The van der Waals surface area contributed by atoms with Crippen molar-refractivity contribution in [1.82, 2.24) is 0 Å². The van der Waals surface area contributed by atoms with Gasteiger partial charge in [0.2, 0.25) is 0 Å². The van der Waals surface area contributed by atoms with E-state index in [-0.39, 0.29) is 0 Å². The standard InChI is InChI=1S/C14H19BrO3/c1-14(2,13(16)17)8-5-9-18-10-11-6-3-4-7-12(11)15/h3-4,6-7H,5,8-10H2,1-2H3,(H,16,17). The topological polar surface area (TPSA) is 46.5 Å². The van der Waals surface area contributed by atoms with Crippen LogP contribution in [0.25, 0.3) is 0 Å². The smallest absolute Gasteiger partial charge is 0.309 e. The lowest BCUT2D eigenvalue weighted by Crippen LogP contribution is -2.23. The van der Waals surface area contributed by atoms with Crippen molar-refractivity contribution in [3.63, 3.8) is 0 Å². The summed E-state index contributed by atoms with van der Waals surface area (Å²) in [4.78, 5) is 10.9. The van der Waals surface area contributed by atoms with Gasteiger partial charge in [-0.05, 0) is 38.3 Å². The number of ether oxygens (including phenoxy) is 1. The first-order chi connectivity index (χ1) is 8.43. The van der Waals surface area contributed by atoms with E-state index < -0.39 is 11.4 Å². The predicted octanol–water partition coefficient (Wildman–Crippen LogP) is 3.86. The summed E-state index contributed by atoms with van der Waals surface area (Å²) in [6, 6.07) is 7.91. The van der Waals surface area contributed by atoms with Crippen molar-refractivity contribution in [2.75, 3.05) is 6.61 Å². The molecule has 0 spiro atoms. The van der Waals surface area contributed by atoms with E-state index in [1.807, 2.05) is 24.3 Å². The number of carboxylic acids is 1. The highest BCUT2D eigenvalue weighted by Crippen LogP contribution is 2.22. The van der Waals surface area contributed by atoms with Crippen LogP contribution in [0.15, 0.2) is 28.7 Å².